The minimum absolute atomic E-state index is 0.226. The molecule has 2 heterocycles. The summed E-state index contributed by atoms with van der Waals surface area (Å²) in [6.07, 6.45) is 4.02. The summed E-state index contributed by atoms with van der Waals surface area (Å²) in [6.45, 7) is 2.07. The van der Waals surface area contributed by atoms with Gasteiger partial charge in [0.1, 0.15) is 11.4 Å². The van der Waals surface area contributed by atoms with Gasteiger partial charge in [-0.15, -0.1) is 0 Å². The van der Waals surface area contributed by atoms with Gasteiger partial charge < -0.3 is 21.4 Å². The SMILES string of the molecule is CC1C=Cc2[nH]c(N)nc2-c2nc(N)[nH]c21. The molecule has 82 valence electrons. The van der Waals surface area contributed by atoms with E-state index in [2.05, 4.69) is 32.9 Å². The highest BCUT2D eigenvalue weighted by Gasteiger charge is 2.22. The number of nitrogens with one attached hydrogen (secondary N) is 2. The molecule has 0 aliphatic heterocycles. The zero-order valence-electron chi connectivity index (χ0n) is 8.78. The molecule has 0 saturated carbocycles. The maximum atomic E-state index is 5.68. The molecule has 0 saturated heterocycles. The van der Waals surface area contributed by atoms with Crippen LogP contribution < -0.4 is 11.5 Å². The lowest BCUT2D eigenvalue weighted by atomic mass is 10.1. The molecule has 16 heavy (non-hydrogen) atoms. The first kappa shape index (κ1) is 9.02. The number of hydrogen-bond acceptors (Lipinski definition) is 4. The van der Waals surface area contributed by atoms with E-state index in [-0.39, 0.29) is 5.92 Å². The summed E-state index contributed by atoms with van der Waals surface area (Å²) in [6, 6.07) is 0. The molecular formula is C10H12N6. The highest BCUT2D eigenvalue weighted by molar-refractivity contribution is 5.74. The Bertz CT molecular complexity index is 576. The molecule has 2 aromatic rings. The summed E-state index contributed by atoms with van der Waals surface area (Å²) >= 11 is 0. The predicted octanol–water partition coefficient (Wildman–Crippen LogP) is 1.09. The van der Waals surface area contributed by atoms with Gasteiger partial charge in [-0.1, -0.05) is 13.0 Å². The summed E-state index contributed by atoms with van der Waals surface area (Å²) < 4.78 is 0. The average molecular weight is 216 g/mol. The molecule has 0 amide bonds. The van der Waals surface area contributed by atoms with Crippen LogP contribution in [0.5, 0.6) is 0 Å². The van der Waals surface area contributed by atoms with Crippen LogP contribution in [-0.4, -0.2) is 19.9 Å². The minimum Gasteiger partial charge on any atom is -0.369 e. The van der Waals surface area contributed by atoms with Crippen molar-refractivity contribution >= 4 is 18.0 Å². The lowest BCUT2D eigenvalue weighted by Crippen LogP contribution is -1.92. The Kier molecular flexibility index (Phi) is 1.62. The number of hydrogen-bond donors (Lipinski definition) is 4. The van der Waals surface area contributed by atoms with Crippen molar-refractivity contribution in [1.29, 1.82) is 0 Å². The van der Waals surface area contributed by atoms with Crippen molar-refractivity contribution < 1.29 is 0 Å². The first-order chi connectivity index (χ1) is 7.65. The Balaban J connectivity index is 2.32. The number of imidazole rings is 2. The quantitative estimate of drug-likeness (QED) is 0.528. The number of fused-ring (bicyclic) bond motifs is 3. The van der Waals surface area contributed by atoms with E-state index in [4.69, 9.17) is 11.5 Å². The second-order valence-electron chi connectivity index (χ2n) is 3.92. The van der Waals surface area contributed by atoms with Crippen LogP contribution in [0.2, 0.25) is 0 Å². The number of nitrogens with zero attached hydrogens (tertiary/aromatic N) is 2. The molecule has 3 rings (SSSR count). The molecule has 1 atom stereocenters. The second-order valence-corrected chi connectivity index (χ2v) is 3.92. The molecule has 6 nitrogen and oxygen atoms in total. The van der Waals surface area contributed by atoms with Crippen LogP contribution in [0.1, 0.15) is 24.2 Å². The summed E-state index contributed by atoms with van der Waals surface area (Å²) in [5, 5.41) is 0. The van der Waals surface area contributed by atoms with E-state index in [1.807, 2.05) is 6.08 Å². The fourth-order valence-electron chi connectivity index (χ4n) is 1.96. The first-order valence-corrected chi connectivity index (χ1v) is 5.04. The Hall–Kier alpha value is -2.24. The maximum Gasteiger partial charge on any atom is 0.198 e. The Morgan fingerprint density at radius 3 is 2.62 bits per heavy atom. The standard InChI is InChI=1S/C10H12N6/c1-4-2-3-5-7(15-9(11)13-5)8-6(4)14-10(12)16-8/h2-4H,1H3,(H3,11,13,15)(H3,12,14,16). The van der Waals surface area contributed by atoms with Gasteiger partial charge in [0.25, 0.3) is 0 Å². The third-order valence-corrected chi connectivity index (χ3v) is 2.73. The first-order valence-electron chi connectivity index (χ1n) is 5.04. The molecule has 6 heteroatoms. The van der Waals surface area contributed by atoms with E-state index in [1.165, 1.54) is 0 Å². The highest BCUT2D eigenvalue weighted by Crippen LogP contribution is 2.34. The number of aromatic nitrogens is 4. The van der Waals surface area contributed by atoms with Crippen molar-refractivity contribution in [3.8, 4) is 11.4 Å². The van der Waals surface area contributed by atoms with Gasteiger partial charge in [0.15, 0.2) is 11.9 Å². The number of rotatable bonds is 0. The number of nitrogen functional groups attached to an aromatic ring is 2. The summed E-state index contributed by atoms with van der Waals surface area (Å²) in [5.41, 5.74) is 14.7. The van der Waals surface area contributed by atoms with Gasteiger partial charge >= 0.3 is 0 Å². The Labute approximate surface area is 91.8 Å². The smallest absolute Gasteiger partial charge is 0.198 e. The number of H-pyrrole nitrogens is 2. The van der Waals surface area contributed by atoms with Crippen LogP contribution >= 0.6 is 0 Å². The van der Waals surface area contributed by atoms with Gasteiger partial charge in [-0.05, 0) is 6.08 Å². The van der Waals surface area contributed by atoms with E-state index in [9.17, 15) is 0 Å². The fraction of sp³-hybridized carbons (Fsp3) is 0.200. The van der Waals surface area contributed by atoms with Crippen LogP contribution in [-0.2, 0) is 0 Å². The van der Waals surface area contributed by atoms with Gasteiger partial charge in [-0.3, -0.25) is 0 Å². The van der Waals surface area contributed by atoms with Crippen LogP contribution in [0.3, 0.4) is 0 Å². The van der Waals surface area contributed by atoms with E-state index >= 15 is 0 Å². The minimum atomic E-state index is 0.226. The molecular weight excluding hydrogens is 204 g/mol. The van der Waals surface area contributed by atoms with Crippen molar-refractivity contribution in [2.45, 2.75) is 12.8 Å². The number of allylic oxidation sites excluding steroid dienone is 1. The number of aromatic amines is 2. The topological polar surface area (TPSA) is 109 Å². The van der Waals surface area contributed by atoms with E-state index in [0.29, 0.717) is 11.9 Å². The highest BCUT2D eigenvalue weighted by atomic mass is 15.1. The molecule has 1 aliphatic rings. The van der Waals surface area contributed by atoms with Crippen LogP contribution in [0, 0.1) is 0 Å². The fourth-order valence-corrected chi connectivity index (χ4v) is 1.96. The maximum absolute atomic E-state index is 5.68. The van der Waals surface area contributed by atoms with Crippen molar-refractivity contribution in [1.82, 2.24) is 19.9 Å². The van der Waals surface area contributed by atoms with Crippen LogP contribution in [0.4, 0.5) is 11.9 Å². The molecule has 0 bridgehead atoms. The molecule has 1 unspecified atom stereocenters. The summed E-state index contributed by atoms with van der Waals surface area (Å²) in [4.78, 5) is 14.5. The van der Waals surface area contributed by atoms with Crippen molar-refractivity contribution in [3.63, 3.8) is 0 Å². The second kappa shape index (κ2) is 2.88. The summed E-state index contributed by atoms with van der Waals surface area (Å²) in [7, 11) is 0. The van der Waals surface area contributed by atoms with Gasteiger partial charge in [-0.25, -0.2) is 9.97 Å². The normalized spacial score (nSPS) is 17.9. The lowest BCUT2D eigenvalue weighted by Gasteiger charge is -2.02. The predicted molar refractivity (Wildman–Crippen MR) is 62.4 cm³/mol. The van der Waals surface area contributed by atoms with E-state index in [0.717, 1.165) is 22.8 Å². The Morgan fingerprint density at radius 2 is 1.81 bits per heavy atom. The van der Waals surface area contributed by atoms with Gasteiger partial charge in [0, 0.05) is 5.92 Å². The monoisotopic (exact) mass is 216 g/mol. The molecule has 1 aliphatic carbocycles. The van der Waals surface area contributed by atoms with Crippen LogP contribution in [0.25, 0.3) is 17.5 Å². The molecule has 2 aromatic heterocycles. The largest absolute Gasteiger partial charge is 0.369 e. The van der Waals surface area contributed by atoms with E-state index in [1.54, 1.807) is 0 Å². The zero-order chi connectivity index (χ0) is 11.3. The molecule has 0 fully saturated rings. The third kappa shape index (κ3) is 1.13. The van der Waals surface area contributed by atoms with Gasteiger partial charge in [0.05, 0.1) is 11.4 Å². The van der Waals surface area contributed by atoms with Crippen molar-refractivity contribution in [3.05, 3.63) is 17.5 Å². The molecule has 0 radical (unpaired) electrons. The van der Waals surface area contributed by atoms with E-state index < -0.39 is 0 Å². The van der Waals surface area contributed by atoms with Crippen molar-refractivity contribution in [2.75, 3.05) is 11.5 Å². The van der Waals surface area contributed by atoms with Gasteiger partial charge in [-0.2, -0.15) is 0 Å². The average Bonchev–Trinajstić information content (AvgIpc) is 2.75. The van der Waals surface area contributed by atoms with Crippen molar-refractivity contribution in [2.24, 2.45) is 0 Å². The molecule has 0 spiro atoms. The molecule has 6 N–H and O–H groups in total. The number of anilines is 2. The van der Waals surface area contributed by atoms with Crippen LogP contribution in [0.15, 0.2) is 6.08 Å². The lowest BCUT2D eigenvalue weighted by molar-refractivity contribution is 0.931. The third-order valence-electron chi connectivity index (χ3n) is 2.73. The summed E-state index contributed by atoms with van der Waals surface area (Å²) in [5.74, 6) is 1.01. The Morgan fingerprint density at radius 1 is 1.12 bits per heavy atom. The van der Waals surface area contributed by atoms with Gasteiger partial charge in [0.2, 0.25) is 0 Å². The zero-order valence-corrected chi connectivity index (χ0v) is 8.78. The number of nitrogens with two attached hydrogens (primary N) is 2. The molecule has 0 aromatic carbocycles.